The molecule has 3 aliphatic rings. The van der Waals surface area contributed by atoms with Crippen molar-refractivity contribution < 1.29 is 43.0 Å². The Balaban J connectivity index is -0.000000594. The lowest BCUT2D eigenvalue weighted by Gasteiger charge is -2.24. The van der Waals surface area contributed by atoms with Gasteiger partial charge in [0.2, 0.25) is 11.8 Å². The van der Waals surface area contributed by atoms with E-state index in [9.17, 15) is 28.8 Å². The summed E-state index contributed by atoms with van der Waals surface area (Å²) in [6.07, 6.45) is 2.18. The van der Waals surface area contributed by atoms with E-state index in [-0.39, 0.29) is 48.5 Å². The number of likely N-dealkylation sites (tertiary alicyclic amines) is 2. The summed E-state index contributed by atoms with van der Waals surface area (Å²) in [7, 11) is -1.14. The van der Waals surface area contributed by atoms with Gasteiger partial charge in [-0.2, -0.15) is 11.1 Å². The Labute approximate surface area is 317 Å². The summed E-state index contributed by atoms with van der Waals surface area (Å²) in [4.78, 5) is 67.4. The number of nitrogens with two attached hydrogens (primary N) is 1. The van der Waals surface area contributed by atoms with E-state index in [2.05, 4.69) is 40.3 Å². The zero-order valence-corrected chi connectivity index (χ0v) is 35.6. The van der Waals surface area contributed by atoms with Gasteiger partial charge in [0.25, 0.3) is 0 Å². The molecule has 15 nitrogen and oxygen atoms in total. The van der Waals surface area contributed by atoms with Gasteiger partial charge in [0.1, 0.15) is 18.6 Å². The number of ether oxygens (including phenoxy) is 3. The zero-order chi connectivity index (χ0) is 39.5. The predicted octanol–water partition coefficient (Wildman–Crippen LogP) is 4.15. The molecule has 0 aromatic carbocycles. The maximum Gasteiger partial charge on any atom is 0.410 e. The second-order valence-corrected chi connectivity index (χ2v) is 22.7. The molecule has 0 aromatic heterocycles. The molecule has 3 atom stereocenters. The monoisotopic (exact) mass is 788 g/mol. The minimum atomic E-state index is -1.14. The van der Waals surface area contributed by atoms with Crippen molar-refractivity contribution in [3.05, 3.63) is 0 Å². The average molecular weight is 790 g/mol. The highest BCUT2D eigenvalue weighted by Gasteiger charge is 2.30. The van der Waals surface area contributed by atoms with Gasteiger partial charge in [-0.15, -0.1) is 12.4 Å². The van der Waals surface area contributed by atoms with Gasteiger partial charge in [-0.1, -0.05) is 19.6 Å². The fourth-order valence-electron chi connectivity index (χ4n) is 4.21. The Bertz CT molecular complexity index is 1070. The molecule has 3 rings (SSSR count). The van der Waals surface area contributed by atoms with Gasteiger partial charge < -0.3 is 45.7 Å². The van der Waals surface area contributed by atoms with Crippen LogP contribution in [0, 0.1) is 0 Å². The van der Waals surface area contributed by atoms with Crippen molar-refractivity contribution in [2.24, 2.45) is 5.73 Å². The van der Waals surface area contributed by atoms with Crippen LogP contribution in [-0.2, 0) is 33.4 Å². The number of hydrogen-bond acceptors (Lipinski definition) is 11. The van der Waals surface area contributed by atoms with Crippen molar-refractivity contribution in [2.45, 2.75) is 137 Å². The van der Waals surface area contributed by atoms with E-state index < -0.39 is 30.5 Å². The Hall–Kier alpha value is -2.66. The lowest BCUT2D eigenvalue weighted by atomic mass is 10.2. The number of rotatable bonds is 2. The van der Waals surface area contributed by atoms with Gasteiger partial charge in [-0.3, -0.25) is 19.2 Å². The van der Waals surface area contributed by atoms with Crippen LogP contribution in [0.4, 0.5) is 9.59 Å². The third kappa shape index (κ3) is 35.5. The van der Waals surface area contributed by atoms with Crippen LogP contribution in [0.3, 0.4) is 0 Å². The first-order valence-electron chi connectivity index (χ1n) is 16.9. The highest BCUT2D eigenvalue weighted by Crippen LogP contribution is 2.16. The molecular formula is C33H66Cl2N6O9Si. The van der Waals surface area contributed by atoms with E-state index in [4.69, 9.17) is 26.3 Å². The number of nitrogens with zero attached hydrogens (tertiary/aromatic N) is 2. The van der Waals surface area contributed by atoms with E-state index in [0.29, 0.717) is 25.7 Å². The van der Waals surface area contributed by atoms with Crippen LogP contribution in [0.15, 0.2) is 0 Å². The van der Waals surface area contributed by atoms with Crippen molar-refractivity contribution in [1.82, 2.24) is 25.8 Å². The molecule has 0 aliphatic carbocycles. The molecule has 0 spiro atoms. The fourth-order valence-corrected chi connectivity index (χ4v) is 4.21. The van der Waals surface area contributed by atoms with Crippen LogP contribution in [0.5, 0.6) is 0 Å². The van der Waals surface area contributed by atoms with Gasteiger partial charge in [0.15, 0.2) is 0 Å². The first-order valence-corrected chi connectivity index (χ1v) is 21.4. The summed E-state index contributed by atoms with van der Waals surface area (Å²) >= 11 is 5.67. The van der Waals surface area contributed by atoms with Crippen molar-refractivity contribution in [3.63, 3.8) is 0 Å². The summed E-state index contributed by atoms with van der Waals surface area (Å²) < 4.78 is 14.4. The summed E-state index contributed by atoms with van der Waals surface area (Å²) in [6, 6.07) is 0.556. The van der Waals surface area contributed by atoms with Crippen LogP contribution < -0.4 is 21.7 Å². The second-order valence-electron chi connectivity index (χ2n) is 15.1. The Kier molecular flexibility index (Phi) is 26.2. The minimum Gasteiger partial charge on any atom is -0.444 e. The van der Waals surface area contributed by atoms with Crippen molar-refractivity contribution >= 4 is 66.8 Å². The Morgan fingerprint density at radius 2 is 1.12 bits per heavy atom. The summed E-state index contributed by atoms with van der Waals surface area (Å²) in [6.45, 7) is 27.3. The molecule has 3 heterocycles. The van der Waals surface area contributed by atoms with Crippen molar-refractivity contribution in [1.29, 1.82) is 0 Å². The number of hydrogen-bond donors (Lipinski definition) is 4. The van der Waals surface area contributed by atoms with Crippen LogP contribution in [0.25, 0.3) is 0 Å². The molecule has 5 N–H and O–H groups in total. The predicted molar refractivity (Wildman–Crippen MR) is 204 cm³/mol. The topological polar surface area (TPSA) is 199 Å². The van der Waals surface area contributed by atoms with E-state index in [1.165, 1.54) is 20.8 Å². The van der Waals surface area contributed by atoms with Gasteiger partial charge >= 0.3 is 24.1 Å². The molecule has 3 saturated heterocycles. The summed E-state index contributed by atoms with van der Waals surface area (Å²) in [5.41, 5.74) is 4.80. The van der Waals surface area contributed by atoms with Crippen LogP contribution in [0.1, 0.15) is 88.5 Å². The lowest BCUT2D eigenvalue weighted by Crippen LogP contribution is -2.39. The number of nitrogens with one attached hydrogen (secondary N) is 3. The molecule has 0 bridgehead atoms. The highest BCUT2D eigenvalue weighted by molar-refractivity contribution is 7.18. The van der Waals surface area contributed by atoms with E-state index >= 15 is 0 Å². The molecular weight excluding hydrogens is 723 g/mol. The third-order valence-electron chi connectivity index (χ3n) is 5.88. The van der Waals surface area contributed by atoms with Gasteiger partial charge in [-0.25, -0.2) is 9.59 Å². The number of carbonyl (C=O) groups excluding carboxylic acids is 6. The van der Waals surface area contributed by atoms with E-state index in [0.717, 1.165) is 38.9 Å². The average Bonchev–Trinajstić information content (AvgIpc) is 3.64. The zero-order valence-electron chi connectivity index (χ0n) is 33.0. The normalized spacial score (nSPS) is 19.3. The first-order chi connectivity index (χ1) is 22.6. The van der Waals surface area contributed by atoms with Crippen LogP contribution in [-0.4, -0.2) is 122 Å². The molecule has 0 saturated carbocycles. The summed E-state index contributed by atoms with van der Waals surface area (Å²) in [5.74, 6) is -1.11. The number of halogens is 2. The van der Waals surface area contributed by atoms with Crippen LogP contribution in [0.2, 0.25) is 19.6 Å². The van der Waals surface area contributed by atoms with E-state index in [1.807, 2.05) is 41.5 Å². The SMILES string of the molecule is CC(=O)NC1CCN(C(=O)OC(C)(C)C)C1.CC(=O)NC1CCNC1.CC(=O)OC(C)=O.CC(C)(C)OC(=O)N1CCC(N)C1.C[Si](C)(C)Cl.Cl. The molecule has 4 amide bonds. The molecule has 3 fully saturated rings. The lowest BCUT2D eigenvalue weighted by molar-refractivity contribution is -0.156. The van der Waals surface area contributed by atoms with Crippen molar-refractivity contribution in [2.75, 3.05) is 39.3 Å². The minimum absolute atomic E-state index is 0. The number of carbonyl (C=O) groups is 6. The first kappa shape index (κ1) is 52.7. The quantitative estimate of drug-likeness (QED) is 0.103. The maximum atomic E-state index is 11.7. The molecule has 3 aliphatic heterocycles. The molecule has 300 valence electrons. The number of amides is 4. The number of esters is 2. The molecule has 0 radical (unpaired) electrons. The molecule has 0 aromatic rings. The van der Waals surface area contributed by atoms with Crippen LogP contribution >= 0.6 is 23.5 Å². The molecule has 3 unspecified atom stereocenters. The Morgan fingerprint density at radius 3 is 1.41 bits per heavy atom. The van der Waals surface area contributed by atoms with Gasteiger partial charge in [0.05, 0.1) is 0 Å². The molecule has 18 heteroatoms. The largest absolute Gasteiger partial charge is 0.444 e. The van der Waals surface area contributed by atoms with Crippen molar-refractivity contribution in [3.8, 4) is 0 Å². The maximum absolute atomic E-state index is 11.7. The second kappa shape index (κ2) is 25.3. The van der Waals surface area contributed by atoms with E-state index in [1.54, 1.807) is 16.7 Å². The standard InChI is InChI=1S/C11H20N2O3.C9H18N2O2.C6H12N2O.C4H6O3.C3H9ClSi.ClH/c1-8(14)12-9-5-6-13(7-9)10(15)16-11(2,3)4;1-9(2,3)13-8(12)11-5-4-7(10)6-11;1-5(9)8-6-2-3-7-4-6;1-3(5)7-4(2)6;1-5(2,3)4;/h9H,5-7H2,1-4H3,(H,12,14);7H,4-6,10H2,1-3H3;6-7H,2-4H2,1H3,(H,8,9);1-2H3;1-3H3;1H. The smallest absolute Gasteiger partial charge is 0.410 e. The summed E-state index contributed by atoms with van der Waals surface area (Å²) in [5, 5.41) is 8.80. The third-order valence-corrected chi connectivity index (χ3v) is 5.88. The van der Waals surface area contributed by atoms with Gasteiger partial charge in [0, 0.05) is 78.5 Å². The fraction of sp³-hybridized carbons (Fsp3) is 0.818. The highest BCUT2D eigenvalue weighted by atomic mass is 35.6. The molecule has 51 heavy (non-hydrogen) atoms. The Morgan fingerprint density at radius 1 is 0.725 bits per heavy atom. The van der Waals surface area contributed by atoms with Gasteiger partial charge in [-0.05, 0) is 67.3 Å².